The van der Waals surface area contributed by atoms with E-state index in [0.29, 0.717) is 5.69 Å². The molecule has 1 aliphatic heterocycles. The van der Waals surface area contributed by atoms with Gasteiger partial charge in [0, 0.05) is 14.5 Å². The van der Waals surface area contributed by atoms with Crippen LogP contribution in [0.15, 0.2) is 111 Å². The molecule has 5 aromatic rings. The molecule has 178 valence electrons. The van der Waals surface area contributed by atoms with E-state index >= 15 is 0 Å². The molecule has 3 N–H and O–H groups in total. The molecule has 2 heterocycles. The minimum Gasteiger partial charge on any atom is -0.368 e. The fourth-order valence-electron chi connectivity index (χ4n) is 3.93. The summed E-state index contributed by atoms with van der Waals surface area (Å²) in [7, 11) is 0. The molecule has 8 heteroatoms. The van der Waals surface area contributed by atoms with E-state index in [1.165, 1.54) is 0 Å². The molecule has 1 aromatic heterocycles. The van der Waals surface area contributed by atoms with Gasteiger partial charge >= 0.3 is 0 Å². The number of para-hydroxylation sites is 4. The molecule has 0 fully saturated rings. The Morgan fingerprint density at radius 2 is 1.42 bits per heavy atom. The SMILES string of the molecule is O=C1Nc2ccccc2NC1c1cccc(Br)c1.O=c1[nH]c2ccccc2nc1-c1cccc(Br)c1. The van der Waals surface area contributed by atoms with Crippen molar-refractivity contribution in [2.45, 2.75) is 6.04 Å². The quantitative estimate of drug-likeness (QED) is 0.205. The third-order valence-corrected chi connectivity index (χ3v) is 6.61. The summed E-state index contributed by atoms with van der Waals surface area (Å²) in [5, 5.41) is 6.17. The first kappa shape index (κ1) is 24.0. The zero-order valence-corrected chi connectivity index (χ0v) is 22.0. The average Bonchev–Trinajstić information content (AvgIpc) is 2.88. The molecular formula is C28H20Br2N4O2. The van der Waals surface area contributed by atoms with Crippen LogP contribution in [0.4, 0.5) is 11.4 Å². The number of carbonyl (C=O) groups excluding carboxylic acids is 1. The van der Waals surface area contributed by atoms with Crippen molar-refractivity contribution in [2.75, 3.05) is 10.6 Å². The van der Waals surface area contributed by atoms with Gasteiger partial charge in [0.15, 0.2) is 0 Å². The molecule has 0 saturated carbocycles. The third-order valence-electron chi connectivity index (χ3n) is 5.63. The normalized spacial score (nSPS) is 14.2. The van der Waals surface area contributed by atoms with Crippen LogP contribution in [0.25, 0.3) is 22.3 Å². The highest BCUT2D eigenvalue weighted by Gasteiger charge is 2.26. The van der Waals surface area contributed by atoms with E-state index in [2.05, 4.69) is 52.5 Å². The first-order valence-electron chi connectivity index (χ1n) is 11.1. The summed E-state index contributed by atoms with van der Waals surface area (Å²) in [6.45, 7) is 0. The molecular weight excluding hydrogens is 584 g/mol. The van der Waals surface area contributed by atoms with E-state index < -0.39 is 0 Å². The van der Waals surface area contributed by atoms with Gasteiger partial charge in [0.05, 0.1) is 22.4 Å². The fourth-order valence-corrected chi connectivity index (χ4v) is 4.74. The molecule has 1 atom stereocenters. The summed E-state index contributed by atoms with van der Waals surface area (Å²) in [5.74, 6) is -0.0354. The molecule has 36 heavy (non-hydrogen) atoms. The number of rotatable bonds is 2. The second-order valence-corrected chi connectivity index (χ2v) is 9.94. The Kier molecular flexibility index (Phi) is 6.97. The molecule has 0 spiro atoms. The van der Waals surface area contributed by atoms with Gasteiger partial charge in [-0.15, -0.1) is 0 Å². The van der Waals surface area contributed by atoms with Crippen molar-refractivity contribution < 1.29 is 4.79 Å². The summed E-state index contributed by atoms with van der Waals surface area (Å²) in [6.07, 6.45) is 0. The Morgan fingerprint density at radius 3 is 2.19 bits per heavy atom. The van der Waals surface area contributed by atoms with E-state index in [4.69, 9.17) is 0 Å². The zero-order chi connectivity index (χ0) is 25.1. The van der Waals surface area contributed by atoms with Crippen molar-refractivity contribution in [2.24, 2.45) is 0 Å². The third kappa shape index (κ3) is 5.24. The van der Waals surface area contributed by atoms with Gasteiger partial charge in [0.25, 0.3) is 11.5 Å². The number of halogens is 2. The fraction of sp³-hybridized carbons (Fsp3) is 0.0357. The highest BCUT2D eigenvalue weighted by Crippen LogP contribution is 2.32. The van der Waals surface area contributed by atoms with Crippen molar-refractivity contribution in [1.82, 2.24) is 9.97 Å². The zero-order valence-electron chi connectivity index (χ0n) is 18.8. The smallest absolute Gasteiger partial charge is 0.274 e. The van der Waals surface area contributed by atoms with E-state index in [1.54, 1.807) is 0 Å². The van der Waals surface area contributed by atoms with Crippen molar-refractivity contribution >= 4 is 60.2 Å². The van der Waals surface area contributed by atoms with E-state index in [-0.39, 0.29) is 17.5 Å². The largest absolute Gasteiger partial charge is 0.368 e. The molecule has 1 unspecified atom stereocenters. The summed E-state index contributed by atoms with van der Waals surface area (Å²) in [4.78, 5) is 31.4. The molecule has 6 nitrogen and oxygen atoms in total. The van der Waals surface area contributed by atoms with Crippen LogP contribution in [0.3, 0.4) is 0 Å². The first-order valence-corrected chi connectivity index (χ1v) is 12.7. The predicted octanol–water partition coefficient (Wildman–Crippen LogP) is 6.91. The van der Waals surface area contributed by atoms with Crippen LogP contribution in [-0.4, -0.2) is 15.9 Å². The molecule has 6 rings (SSSR count). The monoisotopic (exact) mass is 602 g/mol. The minimum absolute atomic E-state index is 0.0354. The van der Waals surface area contributed by atoms with E-state index in [1.807, 2.05) is 97.1 Å². The van der Waals surface area contributed by atoms with E-state index in [0.717, 1.165) is 42.5 Å². The van der Waals surface area contributed by atoms with Crippen LogP contribution in [0.5, 0.6) is 0 Å². The van der Waals surface area contributed by atoms with Gasteiger partial charge in [-0.25, -0.2) is 4.98 Å². The lowest BCUT2D eigenvalue weighted by Crippen LogP contribution is -2.31. The van der Waals surface area contributed by atoms with Crippen LogP contribution >= 0.6 is 31.9 Å². The lowest BCUT2D eigenvalue weighted by molar-refractivity contribution is -0.117. The summed E-state index contributed by atoms with van der Waals surface area (Å²) >= 11 is 6.81. The number of aromatic nitrogens is 2. The average molecular weight is 604 g/mol. The minimum atomic E-state index is -0.350. The lowest BCUT2D eigenvalue weighted by Gasteiger charge is -2.27. The number of amides is 1. The van der Waals surface area contributed by atoms with Crippen molar-refractivity contribution in [3.05, 3.63) is 122 Å². The maximum Gasteiger partial charge on any atom is 0.274 e. The summed E-state index contributed by atoms with van der Waals surface area (Å²) in [6, 6.07) is 30.2. The first-order chi connectivity index (χ1) is 17.5. The number of H-pyrrole nitrogens is 1. The Hall–Kier alpha value is -3.75. The Bertz CT molecular complexity index is 1630. The Labute approximate surface area is 224 Å². The molecule has 0 saturated heterocycles. The summed E-state index contributed by atoms with van der Waals surface area (Å²) in [5.41, 5.74) is 5.32. The molecule has 0 aliphatic carbocycles. The van der Waals surface area contributed by atoms with Gasteiger partial charge in [0.2, 0.25) is 0 Å². The van der Waals surface area contributed by atoms with Gasteiger partial charge in [-0.2, -0.15) is 0 Å². The molecule has 1 amide bonds. The number of nitrogens with one attached hydrogen (secondary N) is 3. The maximum atomic E-state index is 12.1. The van der Waals surface area contributed by atoms with Gasteiger partial charge in [-0.05, 0) is 54.1 Å². The number of anilines is 2. The van der Waals surface area contributed by atoms with Crippen molar-refractivity contribution in [3.8, 4) is 11.3 Å². The van der Waals surface area contributed by atoms with Crippen molar-refractivity contribution in [3.63, 3.8) is 0 Å². The topological polar surface area (TPSA) is 86.9 Å². The number of nitrogens with zero attached hydrogens (tertiary/aromatic N) is 1. The molecule has 0 radical (unpaired) electrons. The molecule has 0 bridgehead atoms. The number of fused-ring (bicyclic) bond motifs is 2. The highest BCUT2D eigenvalue weighted by molar-refractivity contribution is 9.10. The van der Waals surface area contributed by atoms with Crippen LogP contribution in [0.2, 0.25) is 0 Å². The van der Waals surface area contributed by atoms with Crippen molar-refractivity contribution in [1.29, 1.82) is 0 Å². The number of benzene rings is 4. The van der Waals surface area contributed by atoms with Gasteiger partial charge in [-0.3, -0.25) is 9.59 Å². The van der Waals surface area contributed by atoms with Crippen LogP contribution in [0, 0.1) is 0 Å². The Balaban J connectivity index is 0.000000148. The number of hydrogen-bond acceptors (Lipinski definition) is 4. The van der Waals surface area contributed by atoms with Crippen LogP contribution < -0.4 is 16.2 Å². The van der Waals surface area contributed by atoms with Crippen LogP contribution in [-0.2, 0) is 4.79 Å². The molecule has 4 aromatic carbocycles. The predicted molar refractivity (Wildman–Crippen MR) is 151 cm³/mol. The number of hydrogen-bond donors (Lipinski definition) is 3. The summed E-state index contributed by atoms with van der Waals surface area (Å²) < 4.78 is 1.89. The van der Waals surface area contributed by atoms with Crippen LogP contribution in [0.1, 0.15) is 11.6 Å². The van der Waals surface area contributed by atoms with Gasteiger partial charge in [0.1, 0.15) is 11.7 Å². The van der Waals surface area contributed by atoms with Gasteiger partial charge < -0.3 is 15.6 Å². The van der Waals surface area contributed by atoms with E-state index in [9.17, 15) is 9.59 Å². The second-order valence-electron chi connectivity index (χ2n) is 8.11. The second kappa shape index (κ2) is 10.5. The number of carbonyl (C=O) groups is 1. The standard InChI is InChI=1S/C14H11BrN2O.C14H9BrN2O/c2*15-10-5-3-4-9(8-10)13-14(18)17-12-7-2-1-6-11(12)16-13/h1-8,13,16H,(H,17,18);1-8H,(H,17,18). The maximum absolute atomic E-state index is 12.1. The van der Waals surface area contributed by atoms with Gasteiger partial charge in [-0.1, -0.05) is 80.4 Å². The highest BCUT2D eigenvalue weighted by atomic mass is 79.9. The molecule has 1 aliphatic rings. The Morgan fingerprint density at radius 1 is 0.722 bits per heavy atom. The lowest BCUT2D eigenvalue weighted by atomic mass is 10.0. The number of aromatic amines is 1.